The molecule has 0 fully saturated rings. The Labute approximate surface area is 141 Å². The maximum Gasteiger partial charge on any atom is 0.408 e. The van der Waals surface area contributed by atoms with Gasteiger partial charge in [-0.25, -0.2) is 10.6 Å². The van der Waals surface area contributed by atoms with Crippen LogP contribution in [-0.4, -0.2) is 30.5 Å². The second-order valence-electron chi connectivity index (χ2n) is 5.67. The zero-order valence-corrected chi connectivity index (χ0v) is 13.9. The highest BCUT2D eigenvalue weighted by atomic mass is 16.5. The third-order valence-electron chi connectivity index (χ3n) is 3.11. The van der Waals surface area contributed by atoms with Crippen molar-refractivity contribution in [3.8, 4) is 0 Å². The number of hydrogen-bond donors (Lipinski definition) is 4. The summed E-state index contributed by atoms with van der Waals surface area (Å²) in [6, 6.07) is 8.42. The van der Waals surface area contributed by atoms with Crippen LogP contribution in [0.2, 0.25) is 0 Å². The number of amides is 3. The van der Waals surface area contributed by atoms with Crippen LogP contribution in [0.3, 0.4) is 0 Å². The highest BCUT2D eigenvalue weighted by Gasteiger charge is 2.22. The number of rotatable bonds is 8. The molecule has 0 heterocycles. The molecular formula is C16H24N4O4. The summed E-state index contributed by atoms with van der Waals surface area (Å²) in [5.41, 5.74) is 2.76. The summed E-state index contributed by atoms with van der Waals surface area (Å²) in [6.07, 6.45) is -0.279. The van der Waals surface area contributed by atoms with Gasteiger partial charge in [-0.05, 0) is 17.9 Å². The zero-order valence-electron chi connectivity index (χ0n) is 13.9. The Bertz CT molecular complexity index is 548. The third-order valence-corrected chi connectivity index (χ3v) is 3.11. The molecule has 1 atom stereocenters. The Kier molecular flexibility index (Phi) is 8.28. The van der Waals surface area contributed by atoms with Gasteiger partial charge in [-0.2, -0.15) is 0 Å². The second kappa shape index (κ2) is 10.2. The quantitative estimate of drug-likeness (QED) is 0.311. The van der Waals surface area contributed by atoms with Gasteiger partial charge in [-0.1, -0.05) is 44.2 Å². The highest BCUT2D eigenvalue weighted by molar-refractivity contribution is 5.89. The van der Waals surface area contributed by atoms with Gasteiger partial charge in [0.1, 0.15) is 12.6 Å². The molecule has 8 heteroatoms. The van der Waals surface area contributed by atoms with Crippen LogP contribution in [0.15, 0.2) is 30.3 Å². The molecule has 0 saturated carbocycles. The molecule has 8 nitrogen and oxygen atoms in total. The average molecular weight is 336 g/mol. The van der Waals surface area contributed by atoms with Gasteiger partial charge < -0.3 is 15.4 Å². The summed E-state index contributed by atoms with van der Waals surface area (Å²) >= 11 is 0. The van der Waals surface area contributed by atoms with Gasteiger partial charge >= 0.3 is 6.09 Å². The highest BCUT2D eigenvalue weighted by Crippen LogP contribution is 2.06. The molecule has 5 N–H and O–H groups in total. The number of nitrogens with one attached hydrogen (secondary N) is 3. The van der Waals surface area contributed by atoms with Crippen LogP contribution in [0, 0.1) is 5.92 Å². The third kappa shape index (κ3) is 7.59. The largest absolute Gasteiger partial charge is 0.445 e. The van der Waals surface area contributed by atoms with E-state index >= 15 is 0 Å². The molecule has 3 amide bonds. The first kappa shape index (κ1) is 19.4. The Morgan fingerprint density at radius 1 is 1.17 bits per heavy atom. The monoisotopic (exact) mass is 336 g/mol. The first-order valence-corrected chi connectivity index (χ1v) is 7.66. The van der Waals surface area contributed by atoms with Gasteiger partial charge in [-0.3, -0.25) is 15.0 Å². The number of alkyl carbamates (subject to hydrolysis) is 1. The first-order valence-electron chi connectivity index (χ1n) is 7.66. The Hall–Kier alpha value is -2.61. The van der Waals surface area contributed by atoms with E-state index in [1.165, 1.54) is 0 Å². The fraction of sp³-hybridized carbons (Fsp3) is 0.438. The van der Waals surface area contributed by atoms with E-state index in [9.17, 15) is 14.4 Å². The molecular weight excluding hydrogens is 312 g/mol. The number of nitrogens with two attached hydrogens (primary N) is 1. The van der Waals surface area contributed by atoms with Crippen molar-refractivity contribution in [3.05, 3.63) is 35.9 Å². The number of carbonyl (C=O) groups is 3. The van der Waals surface area contributed by atoms with Crippen molar-refractivity contribution in [3.63, 3.8) is 0 Å². The van der Waals surface area contributed by atoms with Gasteiger partial charge in [0.05, 0.1) is 6.54 Å². The molecule has 0 saturated heterocycles. The minimum Gasteiger partial charge on any atom is -0.445 e. The van der Waals surface area contributed by atoms with Crippen molar-refractivity contribution in [1.82, 2.24) is 16.1 Å². The van der Waals surface area contributed by atoms with Crippen LogP contribution in [0.4, 0.5) is 4.79 Å². The predicted octanol–water partition coefficient (Wildman–Crippen LogP) is 0.434. The normalized spacial score (nSPS) is 11.5. The van der Waals surface area contributed by atoms with E-state index in [1.54, 1.807) is 0 Å². The second-order valence-corrected chi connectivity index (χ2v) is 5.67. The average Bonchev–Trinajstić information content (AvgIpc) is 2.57. The number of benzene rings is 1. The molecule has 0 spiro atoms. The summed E-state index contributed by atoms with van der Waals surface area (Å²) in [5, 5.41) is 4.94. The smallest absolute Gasteiger partial charge is 0.408 e. The summed E-state index contributed by atoms with van der Waals surface area (Å²) in [4.78, 5) is 35.1. The molecule has 132 valence electrons. The summed E-state index contributed by atoms with van der Waals surface area (Å²) in [7, 11) is 0. The van der Waals surface area contributed by atoms with Crippen molar-refractivity contribution < 1.29 is 19.1 Å². The van der Waals surface area contributed by atoms with Crippen LogP contribution in [0.5, 0.6) is 0 Å². The zero-order chi connectivity index (χ0) is 17.9. The summed E-state index contributed by atoms with van der Waals surface area (Å²) < 4.78 is 5.11. The molecule has 0 bridgehead atoms. The molecule has 0 aliphatic heterocycles. The van der Waals surface area contributed by atoms with Crippen molar-refractivity contribution in [2.75, 3.05) is 6.54 Å². The number of ether oxygens (including phenoxy) is 1. The standard InChI is InChI=1S/C16H24N4O4/c1-11(2)8-13(15(22)18-9-14(21)20-17)19-16(23)24-10-12-6-4-3-5-7-12/h3-7,11,13H,8-10,17H2,1-2H3,(H,18,22)(H,19,23)(H,20,21)/t13-/m0/s1. The Morgan fingerprint density at radius 2 is 1.83 bits per heavy atom. The number of hydrazine groups is 1. The SMILES string of the molecule is CC(C)C[C@H](NC(=O)OCc1ccccc1)C(=O)NCC(=O)NN. The summed E-state index contributed by atoms with van der Waals surface area (Å²) in [6.45, 7) is 3.69. The maximum atomic E-state index is 12.1. The van der Waals surface area contributed by atoms with Gasteiger partial charge in [0, 0.05) is 0 Å². The Morgan fingerprint density at radius 3 is 2.42 bits per heavy atom. The Balaban J connectivity index is 2.52. The van der Waals surface area contributed by atoms with Crippen LogP contribution >= 0.6 is 0 Å². The molecule has 0 unspecified atom stereocenters. The van der Waals surface area contributed by atoms with Gasteiger partial charge in [0.25, 0.3) is 5.91 Å². The topological polar surface area (TPSA) is 123 Å². The number of hydrogen-bond acceptors (Lipinski definition) is 5. The lowest BCUT2D eigenvalue weighted by Crippen LogP contribution is -2.50. The van der Waals surface area contributed by atoms with Crippen molar-refractivity contribution in [1.29, 1.82) is 0 Å². The van der Waals surface area contributed by atoms with Gasteiger partial charge in [0.15, 0.2) is 0 Å². The van der Waals surface area contributed by atoms with E-state index in [-0.39, 0.29) is 19.1 Å². The van der Waals surface area contributed by atoms with Gasteiger partial charge in [-0.15, -0.1) is 0 Å². The minimum absolute atomic E-state index is 0.109. The maximum absolute atomic E-state index is 12.1. The fourth-order valence-corrected chi connectivity index (χ4v) is 1.95. The molecule has 0 aliphatic rings. The van der Waals surface area contributed by atoms with E-state index < -0.39 is 23.9 Å². The fourth-order valence-electron chi connectivity index (χ4n) is 1.95. The first-order chi connectivity index (χ1) is 11.4. The van der Waals surface area contributed by atoms with E-state index in [2.05, 4.69) is 10.6 Å². The lowest BCUT2D eigenvalue weighted by atomic mass is 10.0. The molecule has 0 radical (unpaired) electrons. The predicted molar refractivity (Wildman–Crippen MR) is 88.3 cm³/mol. The lowest BCUT2D eigenvalue weighted by Gasteiger charge is -2.19. The van der Waals surface area contributed by atoms with Crippen LogP contribution < -0.4 is 21.9 Å². The van der Waals surface area contributed by atoms with Gasteiger partial charge in [0.2, 0.25) is 5.91 Å². The van der Waals surface area contributed by atoms with E-state index in [1.807, 2.05) is 49.6 Å². The number of carbonyl (C=O) groups excluding carboxylic acids is 3. The van der Waals surface area contributed by atoms with Crippen LogP contribution in [-0.2, 0) is 20.9 Å². The van der Waals surface area contributed by atoms with E-state index in [0.717, 1.165) is 5.56 Å². The molecule has 0 aromatic heterocycles. The summed E-state index contributed by atoms with van der Waals surface area (Å²) in [5.74, 6) is 4.12. The van der Waals surface area contributed by atoms with Crippen LogP contribution in [0.25, 0.3) is 0 Å². The molecule has 1 rings (SSSR count). The molecule has 1 aromatic carbocycles. The van der Waals surface area contributed by atoms with E-state index in [0.29, 0.717) is 6.42 Å². The van der Waals surface area contributed by atoms with Crippen LogP contribution in [0.1, 0.15) is 25.8 Å². The molecule has 1 aromatic rings. The van der Waals surface area contributed by atoms with Crippen molar-refractivity contribution in [2.24, 2.45) is 11.8 Å². The lowest BCUT2D eigenvalue weighted by molar-refractivity contribution is -0.127. The van der Waals surface area contributed by atoms with E-state index in [4.69, 9.17) is 10.6 Å². The molecule has 24 heavy (non-hydrogen) atoms. The minimum atomic E-state index is -0.793. The van der Waals surface area contributed by atoms with Crippen molar-refractivity contribution in [2.45, 2.75) is 32.9 Å². The molecule has 0 aliphatic carbocycles. The van der Waals surface area contributed by atoms with Crippen molar-refractivity contribution >= 4 is 17.9 Å².